The van der Waals surface area contributed by atoms with Crippen molar-refractivity contribution in [2.24, 2.45) is 0 Å². The molecule has 0 unspecified atom stereocenters. The van der Waals surface area contributed by atoms with Crippen molar-refractivity contribution in [1.29, 1.82) is 0 Å². The second-order valence-electron chi connectivity index (χ2n) is 6.35. The van der Waals surface area contributed by atoms with E-state index in [1.165, 1.54) is 17.6 Å². The third-order valence-electron chi connectivity index (χ3n) is 4.22. The molecule has 0 saturated carbocycles. The Bertz CT molecular complexity index is 1260. The molecule has 1 aromatic carbocycles. The lowest BCUT2D eigenvalue weighted by Gasteiger charge is -2.16. The third-order valence-corrected chi connectivity index (χ3v) is 4.57. The Morgan fingerprint density at radius 3 is 2.66 bits per heavy atom. The molecule has 5 nitrogen and oxygen atoms in total. The van der Waals surface area contributed by atoms with Crippen LogP contribution in [-0.4, -0.2) is 15.3 Å². The van der Waals surface area contributed by atoms with Crippen molar-refractivity contribution in [3.63, 3.8) is 0 Å². The van der Waals surface area contributed by atoms with E-state index in [2.05, 4.69) is 4.98 Å². The van der Waals surface area contributed by atoms with Crippen molar-refractivity contribution in [3.8, 4) is 11.4 Å². The molecule has 2 aromatic heterocycles. The number of hydrogen-bond donors (Lipinski definition) is 0. The molecule has 0 atom stereocenters. The van der Waals surface area contributed by atoms with Crippen LogP contribution in [0.2, 0.25) is 5.02 Å². The van der Waals surface area contributed by atoms with Crippen LogP contribution in [0.3, 0.4) is 0 Å². The molecule has 29 heavy (non-hydrogen) atoms. The Kier molecular flexibility index (Phi) is 5.04. The minimum absolute atomic E-state index is 0.181. The van der Waals surface area contributed by atoms with Gasteiger partial charge in [0, 0.05) is 23.4 Å². The van der Waals surface area contributed by atoms with E-state index in [1.807, 2.05) is 0 Å². The smallest absolute Gasteiger partial charge is 0.277 e. The van der Waals surface area contributed by atoms with Crippen molar-refractivity contribution in [2.75, 3.05) is 0 Å². The third kappa shape index (κ3) is 4.19. The molecule has 0 fully saturated rings. The zero-order chi connectivity index (χ0) is 23.1. The normalized spacial score (nSPS) is 12.3. The number of rotatable bonds is 5. The highest BCUT2D eigenvalue weighted by atomic mass is 35.5. The van der Waals surface area contributed by atoms with Crippen LogP contribution in [0.25, 0.3) is 5.69 Å². The first-order chi connectivity index (χ1) is 14.4. The molecule has 0 amide bonds. The Morgan fingerprint density at radius 1 is 1.28 bits per heavy atom. The van der Waals surface area contributed by atoms with Gasteiger partial charge in [0.05, 0.1) is 14.6 Å². The second kappa shape index (κ2) is 8.13. The van der Waals surface area contributed by atoms with Gasteiger partial charge >= 0.3 is 0 Å². The highest BCUT2D eigenvalue weighted by Crippen LogP contribution is 2.26. The van der Waals surface area contributed by atoms with Crippen molar-refractivity contribution in [3.05, 3.63) is 86.1 Å². The van der Waals surface area contributed by atoms with Crippen molar-refractivity contribution in [2.45, 2.75) is 27.3 Å². The predicted octanol–water partition coefficient (Wildman–Crippen LogP) is 4.56. The number of pyridine rings is 2. The van der Waals surface area contributed by atoms with Gasteiger partial charge in [-0.2, -0.15) is 0 Å². The predicted molar refractivity (Wildman–Crippen MR) is 105 cm³/mol. The summed E-state index contributed by atoms with van der Waals surface area (Å²) in [5.41, 5.74) is 0.348. The van der Waals surface area contributed by atoms with Gasteiger partial charge in [0.1, 0.15) is 28.8 Å². The van der Waals surface area contributed by atoms with Gasteiger partial charge in [-0.15, -0.1) is 0 Å². The highest BCUT2D eigenvalue weighted by molar-refractivity contribution is 6.31. The van der Waals surface area contributed by atoms with Crippen LogP contribution in [0.1, 0.15) is 37.0 Å². The van der Waals surface area contributed by atoms with Crippen molar-refractivity contribution < 1.29 is 21.1 Å². The molecule has 0 saturated heterocycles. The summed E-state index contributed by atoms with van der Waals surface area (Å²) in [4.78, 5) is 28.1. The van der Waals surface area contributed by atoms with Crippen LogP contribution < -0.4 is 10.3 Å². The summed E-state index contributed by atoms with van der Waals surface area (Å²) in [6.45, 7) is 1.89. The number of aryl methyl sites for hydroxylation is 2. The molecule has 0 spiro atoms. The van der Waals surface area contributed by atoms with E-state index in [-0.39, 0.29) is 11.5 Å². The molecular weight excluding hydrogens is 402 g/mol. The number of halogens is 3. The minimum atomic E-state index is -2.84. The number of aromatic nitrogens is 2. The summed E-state index contributed by atoms with van der Waals surface area (Å²) in [6, 6.07) is 6.67. The summed E-state index contributed by atoms with van der Waals surface area (Å²) in [6.07, 6.45) is 0.648. The molecule has 0 aliphatic carbocycles. The number of ketones is 1. The summed E-state index contributed by atoms with van der Waals surface area (Å²) in [5, 5.41) is -0.454. The molecule has 0 aliphatic heterocycles. The molecule has 2 heterocycles. The SMILES string of the molecule is [2H]C([2H])(Oc1cc(C)n(-c2cc(C(C)=O)ccc2C)c(=O)c1Cl)c1ncc(F)cc1F. The number of carbonyl (C=O) groups excluding carboxylic acids is 1. The summed E-state index contributed by atoms with van der Waals surface area (Å²) in [5.74, 6) is -2.74. The Balaban J connectivity index is 2.10. The standard InChI is InChI=1S/C21H17ClF2N2O3/c1-11-4-5-14(13(3)27)7-18(11)26-12(2)6-19(20(22)21(26)28)29-10-17-16(24)8-15(23)9-25-17/h4-9H,10H2,1-3H3/i10D2. The lowest BCUT2D eigenvalue weighted by Crippen LogP contribution is -2.23. The molecular formula is C21H17ClF2N2O3. The Labute approximate surface area is 173 Å². The van der Waals surface area contributed by atoms with E-state index in [1.54, 1.807) is 32.0 Å². The quantitative estimate of drug-likeness (QED) is 0.567. The van der Waals surface area contributed by atoms with E-state index in [0.717, 1.165) is 0 Å². The van der Waals surface area contributed by atoms with E-state index in [0.29, 0.717) is 34.8 Å². The van der Waals surface area contributed by atoms with E-state index >= 15 is 0 Å². The van der Waals surface area contributed by atoms with Gasteiger partial charge in [0.2, 0.25) is 0 Å². The maximum atomic E-state index is 14.0. The summed E-state index contributed by atoms with van der Waals surface area (Å²) < 4.78 is 49.5. The summed E-state index contributed by atoms with van der Waals surface area (Å²) >= 11 is 6.17. The second-order valence-corrected chi connectivity index (χ2v) is 6.73. The van der Waals surface area contributed by atoms with Crippen LogP contribution in [0, 0.1) is 25.5 Å². The van der Waals surface area contributed by atoms with Crippen LogP contribution in [0.15, 0.2) is 41.3 Å². The fourth-order valence-corrected chi connectivity index (χ4v) is 2.89. The van der Waals surface area contributed by atoms with Crippen molar-refractivity contribution in [1.82, 2.24) is 9.55 Å². The van der Waals surface area contributed by atoms with Crippen LogP contribution >= 0.6 is 11.6 Å². The maximum absolute atomic E-state index is 14.0. The van der Waals surface area contributed by atoms with Crippen LogP contribution in [-0.2, 0) is 6.56 Å². The maximum Gasteiger partial charge on any atom is 0.277 e. The molecule has 0 aliphatic rings. The first-order valence-corrected chi connectivity index (χ1v) is 8.85. The van der Waals surface area contributed by atoms with Crippen LogP contribution in [0.5, 0.6) is 5.75 Å². The number of benzene rings is 1. The van der Waals surface area contributed by atoms with Gasteiger partial charge in [0.15, 0.2) is 11.6 Å². The number of ether oxygens (including phenoxy) is 1. The highest BCUT2D eigenvalue weighted by Gasteiger charge is 2.17. The monoisotopic (exact) mass is 420 g/mol. The lowest BCUT2D eigenvalue weighted by atomic mass is 10.1. The molecule has 150 valence electrons. The molecule has 0 radical (unpaired) electrons. The zero-order valence-electron chi connectivity index (χ0n) is 17.7. The van der Waals surface area contributed by atoms with E-state index in [4.69, 9.17) is 19.1 Å². The topological polar surface area (TPSA) is 61.2 Å². The van der Waals surface area contributed by atoms with E-state index in [9.17, 15) is 18.4 Å². The Hall–Kier alpha value is -3.06. The minimum Gasteiger partial charge on any atom is -0.485 e. The molecule has 8 heteroatoms. The van der Waals surface area contributed by atoms with Gasteiger partial charge in [-0.25, -0.2) is 8.78 Å². The lowest BCUT2D eigenvalue weighted by molar-refractivity contribution is 0.101. The molecule has 3 aromatic rings. The first kappa shape index (κ1) is 18.0. The van der Waals surface area contributed by atoms with Gasteiger partial charge in [-0.1, -0.05) is 23.7 Å². The number of carbonyl (C=O) groups is 1. The molecule has 0 bridgehead atoms. The number of hydrogen-bond acceptors (Lipinski definition) is 4. The fraction of sp³-hybridized carbons (Fsp3) is 0.190. The average molecular weight is 421 g/mol. The van der Waals surface area contributed by atoms with Gasteiger partial charge < -0.3 is 4.74 Å². The molecule has 0 N–H and O–H groups in total. The van der Waals surface area contributed by atoms with Crippen LogP contribution in [0.4, 0.5) is 8.78 Å². The largest absolute Gasteiger partial charge is 0.485 e. The first-order valence-electron chi connectivity index (χ1n) is 9.47. The molecule has 3 rings (SSSR count). The Morgan fingerprint density at radius 2 is 2.00 bits per heavy atom. The fourth-order valence-electron chi connectivity index (χ4n) is 2.72. The van der Waals surface area contributed by atoms with Gasteiger partial charge in [-0.05, 0) is 32.4 Å². The number of nitrogens with zero attached hydrogens (tertiary/aromatic N) is 2. The van der Waals surface area contributed by atoms with Crippen molar-refractivity contribution >= 4 is 17.4 Å². The number of Topliss-reactive ketones (excluding diaryl/α,β-unsaturated/α-hetero) is 1. The average Bonchev–Trinajstić information content (AvgIpc) is 2.66. The zero-order valence-corrected chi connectivity index (χ0v) is 16.5. The summed E-state index contributed by atoms with van der Waals surface area (Å²) in [7, 11) is 0. The van der Waals surface area contributed by atoms with Gasteiger partial charge in [0.25, 0.3) is 5.56 Å². The van der Waals surface area contributed by atoms with Gasteiger partial charge in [-0.3, -0.25) is 19.1 Å². The van der Waals surface area contributed by atoms with E-state index < -0.39 is 34.5 Å².